The zero-order valence-corrected chi connectivity index (χ0v) is 12.5. The van der Waals surface area contributed by atoms with Gasteiger partial charge in [-0.2, -0.15) is 26.3 Å². The molecule has 0 saturated heterocycles. The van der Waals surface area contributed by atoms with E-state index in [0.29, 0.717) is 17.7 Å². The molecule has 1 atom stereocenters. The molecule has 0 bridgehead atoms. The molecule has 23 heavy (non-hydrogen) atoms. The minimum Gasteiger partial charge on any atom is -0.166 e. The molecule has 0 fully saturated rings. The van der Waals surface area contributed by atoms with Gasteiger partial charge in [-0.3, -0.25) is 0 Å². The van der Waals surface area contributed by atoms with Gasteiger partial charge in [0.1, 0.15) is 0 Å². The number of rotatable bonds is 2. The van der Waals surface area contributed by atoms with E-state index >= 15 is 0 Å². The summed E-state index contributed by atoms with van der Waals surface area (Å²) in [5, 5.41) is -1.11. The fourth-order valence-electron chi connectivity index (χ4n) is 2.05. The molecule has 7 heteroatoms. The van der Waals surface area contributed by atoms with Crippen LogP contribution in [0.25, 0.3) is 0 Å². The summed E-state index contributed by atoms with van der Waals surface area (Å²) in [6, 6.07) is 7.88. The summed E-state index contributed by atoms with van der Waals surface area (Å²) in [4.78, 5) is 0. The van der Waals surface area contributed by atoms with Crippen molar-refractivity contribution in [1.82, 2.24) is 0 Å². The first-order valence-electron chi connectivity index (χ1n) is 6.48. The Labute approximate surface area is 133 Å². The molecule has 0 saturated carbocycles. The Balaban J connectivity index is 2.54. The van der Waals surface area contributed by atoms with Gasteiger partial charge in [0, 0.05) is 0 Å². The Bertz CT molecular complexity index is 653. The minimum absolute atomic E-state index is 0.0856. The van der Waals surface area contributed by atoms with E-state index in [1.807, 2.05) is 0 Å². The van der Waals surface area contributed by atoms with E-state index in [1.165, 1.54) is 0 Å². The number of benzene rings is 2. The standard InChI is InChI=1S/C16H11ClF6/c1-9-2-4-10(5-3-9)14(17)11-6-12(15(18,19)20)8-13(7-11)16(21,22)23/h2-8,14H,1H3. The lowest BCUT2D eigenvalue weighted by Gasteiger charge is -2.17. The van der Waals surface area contributed by atoms with Crippen LogP contribution >= 0.6 is 11.6 Å². The average molecular weight is 353 g/mol. The molecule has 2 aromatic rings. The molecule has 0 nitrogen and oxygen atoms in total. The summed E-state index contributed by atoms with van der Waals surface area (Å²) < 4.78 is 77.1. The van der Waals surface area contributed by atoms with Crippen LogP contribution in [0.2, 0.25) is 0 Å². The van der Waals surface area contributed by atoms with Crippen LogP contribution in [0.1, 0.15) is 33.2 Å². The van der Waals surface area contributed by atoms with E-state index in [4.69, 9.17) is 11.6 Å². The Morgan fingerprint density at radius 1 is 0.739 bits per heavy atom. The minimum atomic E-state index is -4.89. The van der Waals surface area contributed by atoms with Crippen LogP contribution in [0.5, 0.6) is 0 Å². The van der Waals surface area contributed by atoms with Gasteiger partial charge in [0.2, 0.25) is 0 Å². The monoisotopic (exact) mass is 352 g/mol. The van der Waals surface area contributed by atoms with Gasteiger partial charge >= 0.3 is 12.4 Å². The molecule has 2 aromatic carbocycles. The van der Waals surface area contributed by atoms with Crippen LogP contribution in [-0.4, -0.2) is 0 Å². The zero-order chi connectivity index (χ0) is 17.4. The van der Waals surface area contributed by atoms with Gasteiger partial charge in [-0.1, -0.05) is 29.8 Å². The molecule has 0 N–H and O–H groups in total. The van der Waals surface area contributed by atoms with Gasteiger partial charge in [-0.05, 0) is 36.2 Å². The van der Waals surface area contributed by atoms with E-state index in [9.17, 15) is 26.3 Å². The maximum absolute atomic E-state index is 12.8. The Hall–Kier alpha value is -1.69. The van der Waals surface area contributed by atoms with Gasteiger partial charge in [-0.15, -0.1) is 11.6 Å². The van der Waals surface area contributed by atoms with Crippen molar-refractivity contribution < 1.29 is 26.3 Å². The predicted octanol–water partition coefficient (Wildman–Crippen LogP) is 6.36. The SMILES string of the molecule is Cc1ccc(C(Cl)c2cc(C(F)(F)F)cc(C(F)(F)F)c2)cc1. The Morgan fingerprint density at radius 3 is 1.57 bits per heavy atom. The highest BCUT2D eigenvalue weighted by Gasteiger charge is 2.37. The summed E-state index contributed by atoms with van der Waals surface area (Å²) >= 11 is 6.09. The van der Waals surface area contributed by atoms with E-state index in [-0.39, 0.29) is 11.6 Å². The van der Waals surface area contributed by atoms with E-state index in [1.54, 1.807) is 31.2 Å². The second kappa shape index (κ2) is 6.07. The third-order valence-corrected chi connectivity index (χ3v) is 3.78. The second-order valence-electron chi connectivity index (χ2n) is 5.11. The van der Waals surface area contributed by atoms with Crippen molar-refractivity contribution in [3.8, 4) is 0 Å². The number of halogens is 7. The molecule has 0 heterocycles. The van der Waals surface area contributed by atoms with Crippen LogP contribution in [0.3, 0.4) is 0 Å². The molecule has 2 rings (SSSR count). The molecule has 0 aliphatic heterocycles. The van der Waals surface area contributed by atoms with Crippen molar-refractivity contribution in [3.05, 3.63) is 70.3 Å². The maximum atomic E-state index is 12.8. The van der Waals surface area contributed by atoms with Crippen LogP contribution in [-0.2, 0) is 12.4 Å². The molecule has 0 amide bonds. The summed E-state index contributed by atoms with van der Waals surface area (Å²) in [5.41, 5.74) is -1.68. The van der Waals surface area contributed by atoms with Crippen LogP contribution in [0.4, 0.5) is 26.3 Å². The number of aryl methyl sites for hydroxylation is 1. The predicted molar refractivity (Wildman–Crippen MR) is 75.3 cm³/mol. The maximum Gasteiger partial charge on any atom is 0.416 e. The van der Waals surface area contributed by atoms with Gasteiger partial charge in [0.05, 0.1) is 16.5 Å². The van der Waals surface area contributed by atoms with Crippen molar-refractivity contribution in [2.75, 3.05) is 0 Å². The Morgan fingerprint density at radius 2 is 1.17 bits per heavy atom. The molecule has 1 unspecified atom stereocenters. The first-order valence-corrected chi connectivity index (χ1v) is 6.92. The molecule has 124 valence electrons. The fraction of sp³-hybridized carbons (Fsp3) is 0.250. The lowest BCUT2D eigenvalue weighted by Crippen LogP contribution is -2.12. The second-order valence-corrected chi connectivity index (χ2v) is 5.55. The van der Waals surface area contributed by atoms with Crippen LogP contribution in [0.15, 0.2) is 42.5 Å². The van der Waals surface area contributed by atoms with Gasteiger partial charge in [0.15, 0.2) is 0 Å². The first-order chi connectivity index (χ1) is 10.5. The van der Waals surface area contributed by atoms with Crippen molar-refractivity contribution in [1.29, 1.82) is 0 Å². The molecule has 0 aliphatic rings. The molecule has 0 aromatic heterocycles. The lowest BCUT2D eigenvalue weighted by atomic mass is 9.98. The smallest absolute Gasteiger partial charge is 0.166 e. The zero-order valence-electron chi connectivity index (χ0n) is 11.8. The highest BCUT2D eigenvalue weighted by atomic mass is 35.5. The van der Waals surface area contributed by atoms with Crippen molar-refractivity contribution in [3.63, 3.8) is 0 Å². The summed E-state index contributed by atoms with van der Waals surface area (Å²) in [6.45, 7) is 1.80. The quantitative estimate of drug-likeness (QED) is 0.435. The topological polar surface area (TPSA) is 0 Å². The summed E-state index contributed by atoms with van der Waals surface area (Å²) in [7, 11) is 0. The fourth-order valence-corrected chi connectivity index (χ4v) is 2.32. The van der Waals surface area contributed by atoms with Crippen molar-refractivity contribution in [2.45, 2.75) is 24.7 Å². The molecular formula is C16H11ClF6. The normalized spacial score (nSPS) is 13.9. The van der Waals surface area contributed by atoms with Gasteiger partial charge < -0.3 is 0 Å². The number of alkyl halides is 7. The highest BCUT2D eigenvalue weighted by Crippen LogP contribution is 2.39. The van der Waals surface area contributed by atoms with Gasteiger partial charge in [0.25, 0.3) is 0 Å². The van der Waals surface area contributed by atoms with Crippen LogP contribution < -0.4 is 0 Å². The molecule has 0 radical (unpaired) electrons. The van der Waals surface area contributed by atoms with Crippen molar-refractivity contribution >= 4 is 11.6 Å². The number of hydrogen-bond donors (Lipinski definition) is 0. The molecule has 0 aliphatic carbocycles. The van der Waals surface area contributed by atoms with E-state index < -0.39 is 28.9 Å². The number of hydrogen-bond acceptors (Lipinski definition) is 0. The van der Waals surface area contributed by atoms with E-state index in [2.05, 4.69) is 0 Å². The van der Waals surface area contributed by atoms with Crippen LogP contribution in [0, 0.1) is 6.92 Å². The third-order valence-electron chi connectivity index (χ3n) is 3.27. The third kappa shape index (κ3) is 4.19. The Kier molecular flexibility index (Phi) is 4.66. The lowest BCUT2D eigenvalue weighted by molar-refractivity contribution is -0.143. The summed E-state index contributed by atoms with van der Waals surface area (Å²) in [6.07, 6.45) is -9.78. The van der Waals surface area contributed by atoms with Crippen molar-refractivity contribution in [2.24, 2.45) is 0 Å². The average Bonchev–Trinajstić information content (AvgIpc) is 2.45. The highest BCUT2D eigenvalue weighted by molar-refractivity contribution is 6.22. The first kappa shape index (κ1) is 17.7. The summed E-state index contributed by atoms with van der Waals surface area (Å²) in [5.74, 6) is 0. The molecular weight excluding hydrogens is 342 g/mol. The van der Waals surface area contributed by atoms with Gasteiger partial charge in [-0.25, -0.2) is 0 Å². The molecule has 0 spiro atoms. The van der Waals surface area contributed by atoms with E-state index in [0.717, 1.165) is 5.56 Å². The largest absolute Gasteiger partial charge is 0.416 e.